The first-order valence-electron chi connectivity index (χ1n) is 6.41. The lowest BCUT2D eigenvalue weighted by Crippen LogP contribution is -2.32. The van der Waals surface area contributed by atoms with Crippen LogP contribution in [0.4, 0.5) is 10.5 Å². The maximum Gasteiger partial charge on any atom is 0.319 e. The highest BCUT2D eigenvalue weighted by Gasteiger charge is 2.11. The predicted molar refractivity (Wildman–Crippen MR) is 76.4 cm³/mol. The summed E-state index contributed by atoms with van der Waals surface area (Å²) >= 11 is 0. The van der Waals surface area contributed by atoms with E-state index in [-0.39, 0.29) is 6.54 Å². The molecular weight excluding hydrogens is 270 g/mol. The molecule has 2 rings (SSSR count). The van der Waals surface area contributed by atoms with Gasteiger partial charge in [0.05, 0.1) is 25.3 Å². The molecule has 6 heteroatoms. The summed E-state index contributed by atoms with van der Waals surface area (Å²) in [7, 11) is 0. The molecule has 3 N–H and O–H groups in total. The molecule has 0 bridgehead atoms. The van der Waals surface area contributed by atoms with Crippen LogP contribution in [0.3, 0.4) is 0 Å². The van der Waals surface area contributed by atoms with Gasteiger partial charge >= 0.3 is 6.03 Å². The molecular formula is C15H15N3O3. The van der Waals surface area contributed by atoms with E-state index in [9.17, 15) is 9.90 Å². The van der Waals surface area contributed by atoms with Crippen molar-refractivity contribution in [1.82, 2.24) is 5.32 Å². The number of rotatable bonds is 5. The zero-order valence-corrected chi connectivity index (χ0v) is 11.2. The van der Waals surface area contributed by atoms with Crippen LogP contribution in [0.15, 0.2) is 47.1 Å². The van der Waals surface area contributed by atoms with E-state index in [4.69, 9.17) is 9.68 Å². The fourth-order valence-electron chi connectivity index (χ4n) is 1.74. The van der Waals surface area contributed by atoms with Crippen LogP contribution in [0.5, 0.6) is 0 Å². The predicted octanol–water partition coefficient (Wildman–Crippen LogP) is 2.20. The first-order chi connectivity index (χ1) is 10.2. The van der Waals surface area contributed by atoms with Gasteiger partial charge in [0.1, 0.15) is 11.9 Å². The largest absolute Gasteiger partial charge is 0.467 e. The highest BCUT2D eigenvalue weighted by molar-refractivity contribution is 5.89. The molecule has 0 aliphatic heterocycles. The van der Waals surface area contributed by atoms with Crippen molar-refractivity contribution in [2.45, 2.75) is 12.5 Å². The van der Waals surface area contributed by atoms with Crippen molar-refractivity contribution in [2.24, 2.45) is 0 Å². The normalized spacial score (nSPS) is 11.4. The Hall–Kier alpha value is -2.78. The van der Waals surface area contributed by atoms with Crippen molar-refractivity contribution >= 4 is 11.7 Å². The molecule has 1 heterocycles. The summed E-state index contributed by atoms with van der Waals surface area (Å²) in [4.78, 5) is 11.7. The molecule has 108 valence electrons. The summed E-state index contributed by atoms with van der Waals surface area (Å²) in [5, 5.41) is 23.5. The van der Waals surface area contributed by atoms with Crippen LogP contribution in [0.2, 0.25) is 0 Å². The summed E-state index contributed by atoms with van der Waals surface area (Å²) in [5.41, 5.74) is 1.50. The third-order valence-electron chi connectivity index (χ3n) is 2.82. The quantitative estimate of drug-likeness (QED) is 0.784. The number of amides is 2. The Bertz CT molecular complexity index is 615. The smallest absolute Gasteiger partial charge is 0.319 e. The summed E-state index contributed by atoms with van der Waals surface area (Å²) < 4.78 is 5.03. The number of benzene rings is 1. The van der Waals surface area contributed by atoms with E-state index in [1.807, 2.05) is 0 Å². The minimum atomic E-state index is -0.885. The lowest BCUT2D eigenvalue weighted by Gasteiger charge is -2.11. The van der Waals surface area contributed by atoms with E-state index in [0.29, 0.717) is 17.9 Å². The van der Waals surface area contributed by atoms with Crippen LogP contribution in [0.25, 0.3) is 0 Å². The van der Waals surface area contributed by atoms with Crippen molar-refractivity contribution in [3.8, 4) is 6.07 Å². The minimum Gasteiger partial charge on any atom is -0.467 e. The monoisotopic (exact) mass is 285 g/mol. The van der Waals surface area contributed by atoms with Gasteiger partial charge in [-0.05, 0) is 29.8 Å². The van der Waals surface area contributed by atoms with Gasteiger partial charge in [-0.3, -0.25) is 0 Å². The lowest BCUT2D eigenvalue weighted by atomic mass is 10.1. The average molecular weight is 285 g/mol. The Morgan fingerprint density at radius 2 is 2.10 bits per heavy atom. The highest BCUT2D eigenvalue weighted by Crippen LogP contribution is 2.12. The van der Waals surface area contributed by atoms with Crippen molar-refractivity contribution in [3.05, 3.63) is 54.0 Å². The van der Waals surface area contributed by atoms with E-state index in [2.05, 4.69) is 16.7 Å². The number of furan rings is 1. The summed E-state index contributed by atoms with van der Waals surface area (Å²) in [6.07, 6.45) is 0.909. The molecule has 1 aromatic heterocycles. The third-order valence-corrected chi connectivity index (χ3v) is 2.82. The van der Waals surface area contributed by atoms with Gasteiger partial charge < -0.3 is 20.2 Å². The first-order valence-corrected chi connectivity index (χ1v) is 6.41. The third kappa shape index (κ3) is 4.37. The van der Waals surface area contributed by atoms with Gasteiger partial charge in [0.25, 0.3) is 0 Å². The van der Waals surface area contributed by atoms with Crippen molar-refractivity contribution < 1.29 is 14.3 Å². The standard InChI is InChI=1S/C15H15N3O3/c16-8-7-11-3-5-12(6-4-11)18-15(20)17-10-13(19)14-2-1-9-21-14/h1-6,9,13,19H,7,10H2,(H2,17,18,20). The number of urea groups is 1. The van der Waals surface area contributed by atoms with Gasteiger partial charge in [-0.15, -0.1) is 0 Å². The SMILES string of the molecule is N#CCc1ccc(NC(=O)NCC(O)c2ccco2)cc1. The zero-order chi connectivity index (χ0) is 15.1. The summed E-state index contributed by atoms with van der Waals surface area (Å²) in [6, 6.07) is 11.9. The number of aliphatic hydroxyl groups excluding tert-OH is 1. The molecule has 2 amide bonds. The van der Waals surface area contributed by atoms with E-state index in [1.54, 1.807) is 36.4 Å². The number of nitrogens with zero attached hydrogens (tertiary/aromatic N) is 1. The molecule has 0 fully saturated rings. The molecule has 0 spiro atoms. The number of aliphatic hydroxyl groups is 1. The molecule has 1 aromatic carbocycles. The van der Waals surface area contributed by atoms with Crippen molar-refractivity contribution in [1.29, 1.82) is 5.26 Å². The Balaban J connectivity index is 1.80. The Morgan fingerprint density at radius 3 is 2.71 bits per heavy atom. The molecule has 1 atom stereocenters. The van der Waals surface area contributed by atoms with Gasteiger partial charge in [-0.1, -0.05) is 12.1 Å². The average Bonchev–Trinajstić information content (AvgIpc) is 3.01. The van der Waals surface area contributed by atoms with E-state index in [1.165, 1.54) is 6.26 Å². The first kappa shape index (κ1) is 14.6. The second-order valence-electron chi connectivity index (χ2n) is 4.40. The zero-order valence-electron chi connectivity index (χ0n) is 11.2. The van der Waals surface area contributed by atoms with Gasteiger partial charge in [0.15, 0.2) is 0 Å². The Morgan fingerprint density at radius 1 is 1.33 bits per heavy atom. The van der Waals surface area contributed by atoms with Crippen LogP contribution in [0, 0.1) is 11.3 Å². The van der Waals surface area contributed by atoms with Crippen LogP contribution in [-0.4, -0.2) is 17.7 Å². The molecule has 0 aliphatic rings. The number of nitrogens with one attached hydrogen (secondary N) is 2. The van der Waals surface area contributed by atoms with Crippen molar-refractivity contribution in [3.63, 3.8) is 0 Å². The summed E-state index contributed by atoms with van der Waals surface area (Å²) in [5.74, 6) is 0.399. The molecule has 0 radical (unpaired) electrons. The number of anilines is 1. The maximum atomic E-state index is 11.7. The molecule has 0 saturated heterocycles. The van der Waals surface area contributed by atoms with Crippen molar-refractivity contribution in [2.75, 3.05) is 11.9 Å². The van der Waals surface area contributed by atoms with Crippen LogP contribution in [0.1, 0.15) is 17.4 Å². The molecule has 1 unspecified atom stereocenters. The second kappa shape index (κ2) is 7.12. The molecule has 0 saturated carbocycles. The van der Waals surface area contributed by atoms with E-state index in [0.717, 1.165) is 5.56 Å². The Labute approximate surface area is 122 Å². The number of carbonyl (C=O) groups excluding carboxylic acids is 1. The minimum absolute atomic E-state index is 0.0475. The molecule has 6 nitrogen and oxygen atoms in total. The fraction of sp³-hybridized carbons (Fsp3) is 0.200. The van der Waals surface area contributed by atoms with Crippen LogP contribution in [-0.2, 0) is 6.42 Å². The maximum absolute atomic E-state index is 11.7. The number of carbonyl (C=O) groups is 1. The topological polar surface area (TPSA) is 98.3 Å². The fourth-order valence-corrected chi connectivity index (χ4v) is 1.74. The second-order valence-corrected chi connectivity index (χ2v) is 4.40. The van der Waals surface area contributed by atoms with Crippen LogP contribution < -0.4 is 10.6 Å². The molecule has 2 aromatic rings. The summed E-state index contributed by atoms with van der Waals surface area (Å²) in [6.45, 7) is 0.0475. The van der Waals surface area contributed by atoms with E-state index < -0.39 is 12.1 Å². The molecule has 21 heavy (non-hydrogen) atoms. The van der Waals surface area contributed by atoms with Gasteiger partial charge in [0, 0.05) is 5.69 Å². The number of hydrogen-bond donors (Lipinski definition) is 3. The number of hydrogen-bond acceptors (Lipinski definition) is 4. The highest BCUT2D eigenvalue weighted by atomic mass is 16.4. The van der Waals surface area contributed by atoms with Gasteiger partial charge in [-0.2, -0.15) is 5.26 Å². The van der Waals surface area contributed by atoms with Gasteiger partial charge in [-0.25, -0.2) is 4.79 Å². The number of nitriles is 1. The van der Waals surface area contributed by atoms with Crippen LogP contribution >= 0.6 is 0 Å². The van der Waals surface area contributed by atoms with E-state index >= 15 is 0 Å². The Kier molecular flexibility index (Phi) is 4.96. The lowest BCUT2D eigenvalue weighted by molar-refractivity contribution is 0.149. The molecule has 0 aliphatic carbocycles. The van der Waals surface area contributed by atoms with Gasteiger partial charge in [0.2, 0.25) is 0 Å².